The molecule has 1 aliphatic rings. The lowest BCUT2D eigenvalue weighted by atomic mass is 9.92. The molecule has 0 fully saturated rings. The Labute approximate surface area is 131 Å². The summed E-state index contributed by atoms with van der Waals surface area (Å²) in [5, 5.41) is 10.8. The van der Waals surface area contributed by atoms with Gasteiger partial charge in [-0.3, -0.25) is 15.1 Å². The Bertz CT molecular complexity index is 807. The van der Waals surface area contributed by atoms with E-state index in [4.69, 9.17) is 5.73 Å². The molecule has 1 aromatic rings. The first-order chi connectivity index (χ1) is 10.5. The van der Waals surface area contributed by atoms with Crippen LogP contribution in [0.25, 0.3) is 0 Å². The molecule has 2 N–H and O–H groups in total. The number of sulfone groups is 1. The van der Waals surface area contributed by atoms with Gasteiger partial charge >= 0.3 is 0 Å². The summed E-state index contributed by atoms with van der Waals surface area (Å²) in [5.74, 6) is -2.19. The van der Waals surface area contributed by atoms with Crippen LogP contribution in [0.15, 0.2) is 23.2 Å². The van der Waals surface area contributed by atoms with Crippen molar-refractivity contribution >= 4 is 21.4 Å². The molecule has 7 nitrogen and oxygen atoms in total. The Morgan fingerprint density at radius 3 is 2.52 bits per heavy atom. The van der Waals surface area contributed by atoms with Crippen LogP contribution in [0.1, 0.15) is 19.4 Å². The molecule has 0 saturated carbocycles. The maximum absolute atomic E-state index is 14.1. The van der Waals surface area contributed by atoms with Gasteiger partial charge in [0.25, 0.3) is 5.69 Å². The second-order valence-corrected chi connectivity index (χ2v) is 8.39. The van der Waals surface area contributed by atoms with Crippen LogP contribution in [0, 0.1) is 15.9 Å². The molecule has 0 bridgehead atoms. The predicted molar refractivity (Wildman–Crippen MR) is 80.2 cm³/mol. The van der Waals surface area contributed by atoms with E-state index in [-0.39, 0.29) is 5.84 Å². The maximum atomic E-state index is 14.1. The van der Waals surface area contributed by atoms with Gasteiger partial charge in [-0.2, -0.15) is 0 Å². The average Bonchev–Trinajstić information content (AvgIpc) is 2.44. The molecular weight excluding hydrogens is 332 g/mol. The smallest absolute Gasteiger partial charge is 0.270 e. The second kappa shape index (κ2) is 5.22. The minimum Gasteiger partial charge on any atom is -0.386 e. The minimum atomic E-state index is -3.96. The predicted octanol–water partition coefficient (Wildman–Crippen LogP) is 1.46. The Balaban J connectivity index is 2.76. The Hall–Kier alpha value is -2.10. The van der Waals surface area contributed by atoms with E-state index in [1.165, 1.54) is 13.8 Å². The molecule has 0 aromatic heterocycles. The van der Waals surface area contributed by atoms with E-state index in [1.54, 1.807) is 0 Å². The number of nitro benzene ring substituents is 1. The molecule has 1 atom stereocenters. The zero-order valence-corrected chi connectivity index (χ0v) is 13.2. The van der Waals surface area contributed by atoms with Gasteiger partial charge in [-0.1, -0.05) is 0 Å². The highest BCUT2D eigenvalue weighted by atomic mass is 32.2. The monoisotopic (exact) mass is 347 g/mol. The van der Waals surface area contributed by atoms with Crippen LogP contribution in [0.2, 0.25) is 0 Å². The molecule has 0 saturated heterocycles. The molecule has 0 aliphatic carbocycles. The molecule has 0 radical (unpaired) electrons. The summed E-state index contributed by atoms with van der Waals surface area (Å²) in [4.78, 5) is 13.9. The number of rotatable bonds is 3. The van der Waals surface area contributed by atoms with Gasteiger partial charge in [0.15, 0.2) is 9.84 Å². The fourth-order valence-electron chi connectivity index (χ4n) is 2.31. The first kappa shape index (κ1) is 17.3. The first-order valence-electron chi connectivity index (χ1n) is 6.55. The zero-order valence-electron chi connectivity index (χ0n) is 12.4. The van der Waals surface area contributed by atoms with Crippen molar-refractivity contribution < 1.29 is 22.1 Å². The number of nitrogens with zero attached hydrogens (tertiary/aromatic N) is 2. The van der Waals surface area contributed by atoms with Crippen LogP contribution < -0.4 is 5.73 Å². The lowest BCUT2D eigenvalue weighted by molar-refractivity contribution is -0.385. The lowest BCUT2D eigenvalue weighted by Gasteiger charge is -2.38. The van der Waals surface area contributed by atoms with Gasteiger partial charge < -0.3 is 5.73 Å². The summed E-state index contributed by atoms with van der Waals surface area (Å²) >= 11 is 0. The van der Waals surface area contributed by atoms with Crippen LogP contribution >= 0.6 is 0 Å². The quantitative estimate of drug-likeness (QED) is 0.656. The van der Waals surface area contributed by atoms with Crippen LogP contribution in [0.5, 0.6) is 0 Å². The van der Waals surface area contributed by atoms with Crippen molar-refractivity contribution in [2.75, 3.05) is 12.4 Å². The lowest BCUT2D eigenvalue weighted by Crippen LogP contribution is -2.56. The average molecular weight is 347 g/mol. The fourth-order valence-corrected chi connectivity index (χ4v) is 3.96. The number of hydrogen-bond donors (Lipinski definition) is 1. The van der Waals surface area contributed by atoms with Crippen molar-refractivity contribution in [3.63, 3.8) is 0 Å². The van der Waals surface area contributed by atoms with Crippen molar-refractivity contribution in [2.24, 2.45) is 10.7 Å². The highest BCUT2D eigenvalue weighted by molar-refractivity contribution is 7.93. The van der Waals surface area contributed by atoms with Gasteiger partial charge in [0.2, 0.25) is 0 Å². The van der Waals surface area contributed by atoms with Crippen molar-refractivity contribution in [2.45, 2.75) is 24.1 Å². The van der Waals surface area contributed by atoms with Gasteiger partial charge in [0, 0.05) is 17.7 Å². The summed E-state index contributed by atoms with van der Waals surface area (Å²) in [6.07, 6.45) is 0. The van der Waals surface area contributed by atoms with Crippen LogP contribution in [0.4, 0.5) is 14.5 Å². The largest absolute Gasteiger partial charge is 0.386 e. The van der Waals surface area contributed by atoms with E-state index in [9.17, 15) is 27.3 Å². The van der Waals surface area contributed by atoms with E-state index in [2.05, 4.69) is 4.99 Å². The molecule has 10 heteroatoms. The highest BCUT2D eigenvalue weighted by Crippen LogP contribution is 2.39. The molecule has 1 unspecified atom stereocenters. The number of alkyl halides is 1. The number of amidine groups is 1. The molecule has 126 valence electrons. The molecule has 1 aromatic carbocycles. The number of benzene rings is 1. The molecule has 1 aliphatic heterocycles. The van der Waals surface area contributed by atoms with E-state index in [1.807, 2.05) is 0 Å². The third kappa shape index (κ3) is 2.56. The van der Waals surface area contributed by atoms with E-state index < -0.39 is 54.5 Å². The fraction of sp³-hybridized carbons (Fsp3) is 0.462. The van der Waals surface area contributed by atoms with Gasteiger partial charge in [0.1, 0.15) is 28.6 Å². The number of hydrogen-bond acceptors (Lipinski definition) is 6. The SMILES string of the molecule is CC1(C)C(N)=NC(CF)(c2cc([N+](=O)[O-])ccc2F)CS1(=O)=O. The normalized spacial score (nSPS) is 25.7. The van der Waals surface area contributed by atoms with E-state index in [0.717, 1.165) is 18.2 Å². The van der Waals surface area contributed by atoms with Gasteiger partial charge in [-0.25, -0.2) is 17.2 Å². The number of halogens is 2. The van der Waals surface area contributed by atoms with Gasteiger partial charge in [-0.15, -0.1) is 0 Å². The Morgan fingerprint density at radius 1 is 1.43 bits per heavy atom. The molecule has 2 rings (SSSR count). The highest BCUT2D eigenvalue weighted by Gasteiger charge is 2.52. The molecular formula is C13H15F2N3O4S. The third-order valence-electron chi connectivity index (χ3n) is 4.04. The first-order valence-corrected chi connectivity index (χ1v) is 8.20. The molecule has 0 spiro atoms. The summed E-state index contributed by atoms with van der Waals surface area (Å²) in [5.41, 5.74) is 2.54. The summed E-state index contributed by atoms with van der Waals surface area (Å²) < 4.78 is 51.2. The van der Waals surface area contributed by atoms with Gasteiger partial charge in [0.05, 0.1) is 10.7 Å². The topological polar surface area (TPSA) is 116 Å². The Morgan fingerprint density at radius 2 is 2.04 bits per heavy atom. The maximum Gasteiger partial charge on any atom is 0.270 e. The number of nitro groups is 1. The van der Waals surface area contributed by atoms with Crippen LogP contribution in [-0.2, 0) is 15.4 Å². The van der Waals surface area contributed by atoms with Crippen molar-refractivity contribution in [1.29, 1.82) is 0 Å². The number of aliphatic imine (C=N–C) groups is 1. The second-order valence-electron chi connectivity index (χ2n) is 5.85. The number of nitrogens with two attached hydrogens (primary N) is 1. The molecule has 1 heterocycles. The third-order valence-corrected chi connectivity index (χ3v) is 6.66. The van der Waals surface area contributed by atoms with Crippen molar-refractivity contribution in [1.82, 2.24) is 0 Å². The molecule has 0 amide bonds. The van der Waals surface area contributed by atoms with Crippen LogP contribution in [0.3, 0.4) is 0 Å². The van der Waals surface area contributed by atoms with E-state index >= 15 is 0 Å². The van der Waals surface area contributed by atoms with Crippen molar-refractivity contribution in [3.05, 3.63) is 39.7 Å². The molecule has 23 heavy (non-hydrogen) atoms. The van der Waals surface area contributed by atoms with Crippen molar-refractivity contribution in [3.8, 4) is 0 Å². The summed E-state index contributed by atoms with van der Waals surface area (Å²) in [7, 11) is -3.96. The van der Waals surface area contributed by atoms with E-state index in [0.29, 0.717) is 0 Å². The summed E-state index contributed by atoms with van der Waals surface area (Å²) in [6, 6.07) is 2.47. The standard InChI is InChI=1S/C13H15F2N3O4S/c1-12(2)11(16)17-13(6-14,7-23(12,21)22)9-5-8(18(19)20)3-4-10(9)15/h3-5H,6-7H2,1-2H3,(H2,16,17). The van der Waals surface area contributed by atoms with Gasteiger partial charge in [-0.05, 0) is 19.9 Å². The van der Waals surface area contributed by atoms with Crippen LogP contribution in [-0.4, -0.2) is 36.4 Å². The number of non-ortho nitro benzene ring substituents is 1. The zero-order chi connectivity index (χ0) is 17.6. The minimum absolute atomic E-state index is 0.368. The Kier molecular flexibility index (Phi) is 3.92. The summed E-state index contributed by atoms with van der Waals surface area (Å²) in [6.45, 7) is 1.27.